The Morgan fingerprint density at radius 3 is 2.61 bits per heavy atom. The van der Waals surface area contributed by atoms with Crippen LogP contribution in [0.15, 0.2) is 48.7 Å². The Hall–Kier alpha value is -3.35. The average Bonchev–Trinajstić information content (AvgIpc) is 3.23. The molecule has 1 amide bonds. The molecule has 3 aromatic rings. The van der Waals surface area contributed by atoms with E-state index >= 15 is 0 Å². The number of aromatic nitrogens is 2. The van der Waals surface area contributed by atoms with Crippen LogP contribution in [0.3, 0.4) is 0 Å². The first-order chi connectivity index (χ1) is 15.0. The number of hydrogen-bond donors (Lipinski definition) is 0. The number of para-hydroxylation sites is 1. The van der Waals surface area contributed by atoms with Gasteiger partial charge in [0.25, 0.3) is 5.91 Å². The highest BCUT2D eigenvalue weighted by molar-refractivity contribution is 5.95. The Balaban J connectivity index is 1.66. The maximum atomic E-state index is 13.5. The second kappa shape index (κ2) is 8.79. The summed E-state index contributed by atoms with van der Waals surface area (Å²) >= 11 is 0. The quantitative estimate of drug-likeness (QED) is 0.583. The van der Waals surface area contributed by atoms with Crippen molar-refractivity contribution in [3.8, 4) is 17.2 Å². The lowest BCUT2D eigenvalue weighted by Crippen LogP contribution is -2.31. The standard InChI is InChI=1S/C24H26FN3O3/c1-4-27(15-17-6-5-7-21-23(17)31-13-12-30-21)24(29)20-14-26-28(22(20)16(2)3)19-10-8-18(25)9-11-19/h5-11,14,16H,4,12-13,15H2,1-3H3. The van der Waals surface area contributed by atoms with Gasteiger partial charge in [0.15, 0.2) is 11.5 Å². The summed E-state index contributed by atoms with van der Waals surface area (Å²) in [6, 6.07) is 11.8. The molecule has 1 aromatic heterocycles. The van der Waals surface area contributed by atoms with Gasteiger partial charge in [-0.2, -0.15) is 5.10 Å². The normalized spacial score (nSPS) is 12.8. The number of halogens is 1. The maximum Gasteiger partial charge on any atom is 0.257 e. The molecule has 162 valence electrons. The van der Waals surface area contributed by atoms with E-state index in [1.807, 2.05) is 39.0 Å². The van der Waals surface area contributed by atoms with E-state index in [2.05, 4.69) is 5.10 Å². The zero-order chi connectivity index (χ0) is 22.0. The number of rotatable bonds is 6. The van der Waals surface area contributed by atoms with Gasteiger partial charge in [0, 0.05) is 18.7 Å². The molecule has 0 N–H and O–H groups in total. The minimum Gasteiger partial charge on any atom is -0.486 e. The van der Waals surface area contributed by atoms with E-state index in [4.69, 9.17) is 9.47 Å². The van der Waals surface area contributed by atoms with Gasteiger partial charge in [0.1, 0.15) is 19.0 Å². The molecule has 0 atom stereocenters. The Morgan fingerprint density at radius 2 is 1.90 bits per heavy atom. The summed E-state index contributed by atoms with van der Waals surface area (Å²) in [4.78, 5) is 15.3. The van der Waals surface area contributed by atoms with Crippen LogP contribution in [-0.2, 0) is 6.54 Å². The highest BCUT2D eigenvalue weighted by Gasteiger charge is 2.26. The molecule has 0 saturated heterocycles. The zero-order valence-corrected chi connectivity index (χ0v) is 18.0. The molecule has 31 heavy (non-hydrogen) atoms. The van der Waals surface area contributed by atoms with Gasteiger partial charge in [-0.15, -0.1) is 0 Å². The SMILES string of the molecule is CCN(Cc1cccc2c1OCCO2)C(=O)c1cnn(-c2ccc(F)cc2)c1C(C)C. The molecule has 0 saturated carbocycles. The fourth-order valence-electron chi connectivity index (χ4n) is 3.83. The molecule has 7 heteroatoms. The summed E-state index contributed by atoms with van der Waals surface area (Å²) in [6.45, 7) is 7.93. The second-order valence-electron chi connectivity index (χ2n) is 7.75. The first-order valence-electron chi connectivity index (χ1n) is 10.5. The summed E-state index contributed by atoms with van der Waals surface area (Å²) in [6.07, 6.45) is 1.60. The van der Waals surface area contributed by atoms with Crippen LogP contribution in [0, 0.1) is 5.82 Å². The highest BCUT2D eigenvalue weighted by Crippen LogP contribution is 2.34. The molecular formula is C24H26FN3O3. The van der Waals surface area contributed by atoms with E-state index in [0.29, 0.717) is 43.4 Å². The molecule has 0 unspecified atom stereocenters. The number of fused-ring (bicyclic) bond motifs is 1. The van der Waals surface area contributed by atoms with Crippen LogP contribution < -0.4 is 9.47 Å². The number of carbonyl (C=O) groups is 1. The number of hydrogen-bond acceptors (Lipinski definition) is 4. The van der Waals surface area contributed by atoms with Gasteiger partial charge in [-0.05, 0) is 43.2 Å². The van der Waals surface area contributed by atoms with Gasteiger partial charge in [0.2, 0.25) is 0 Å². The first-order valence-corrected chi connectivity index (χ1v) is 10.5. The predicted octanol–water partition coefficient (Wildman–Crippen LogP) is 4.57. The van der Waals surface area contributed by atoms with Crippen LogP contribution in [0.4, 0.5) is 4.39 Å². The largest absolute Gasteiger partial charge is 0.486 e. The van der Waals surface area contributed by atoms with Crippen LogP contribution in [0.2, 0.25) is 0 Å². The molecule has 0 radical (unpaired) electrons. The molecule has 0 bridgehead atoms. The van der Waals surface area contributed by atoms with Crippen LogP contribution in [0.1, 0.15) is 48.3 Å². The van der Waals surface area contributed by atoms with E-state index in [0.717, 1.165) is 16.9 Å². The molecule has 0 aliphatic carbocycles. The average molecular weight is 423 g/mol. The van der Waals surface area contributed by atoms with E-state index in [1.165, 1.54) is 12.1 Å². The van der Waals surface area contributed by atoms with Crippen molar-refractivity contribution in [3.05, 3.63) is 71.3 Å². The molecule has 6 nitrogen and oxygen atoms in total. The number of nitrogens with zero attached hydrogens (tertiary/aromatic N) is 3. The first kappa shape index (κ1) is 20.9. The minimum absolute atomic E-state index is 0.0476. The molecule has 0 fully saturated rings. The fourth-order valence-corrected chi connectivity index (χ4v) is 3.83. The summed E-state index contributed by atoms with van der Waals surface area (Å²) in [7, 11) is 0. The van der Waals surface area contributed by atoms with Crippen LogP contribution in [0.5, 0.6) is 11.5 Å². The molecule has 4 rings (SSSR count). The number of amides is 1. The Kier molecular flexibility index (Phi) is 5.93. The second-order valence-corrected chi connectivity index (χ2v) is 7.75. The van der Waals surface area contributed by atoms with Crippen molar-refractivity contribution >= 4 is 5.91 Å². The molecule has 2 heterocycles. The van der Waals surface area contributed by atoms with Crippen molar-refractivity contribution in [2.75, 3.05) is 19.8 Å². The van der Waals surface area contributed by atoms with Gasteiger partial charge < -0.3 is 14.4 Å². The summed E-state index contributed by atoms with van der Waals surface area (Å²) in [5.74, 6) is 1.04. The van der Waals surface area contributed by atoms with Crippen molar-refractivity contribution in [2.24, 2.45) is 0 Å². The Labute approximate surface area is 181 Å². The van der Waals surface area contributed by atoms with Gasteiger partial charge >= 0.3 is 0 Å². The van der Waals surface area contributed by atoms with Gasteiger partial charge in [-0.1, -0.05) is 26.0 Å². The smallest absolute Gasteiger partial charge is 0.257 e. The summed E-state index contributed by atoms with van der Waals surface area (Å²) in [5, 5.41) is 4.45. The van der Waals surface area contributed by atoms with Crippen LogP contribution >= 0.6 is 0 Å². The van der Waals surface area contributed by atoms with Gasteiger partial charge in [0.05, 0.1) is 23.1 Å². The Bertz CT molecular complexity index is 1080. The van der Waals surface area contributed by atoms with E-state index in [9.17, 15) is 9.18 Å². The highest BCUT2D eigenvalue weighted by atomic mass is 19.1. The van der Waals surface area contributed by atoms with E-state index in [-0.39, 0.29) is 17.6 Å². The molecular weight excluding hydrogens is 397 g/mol. The molecule has 1 aliphatic heterocycles. The lowest BCUT2D eigenvalue weighted by atomic mass is 10.0. The van der Waals surface area contributed by atoms with Crippen molar-refractivity contribution in [1.82, 2.24) is 14.7 Å². The molecule has 0 spiro atoms. The zero-order valence-electron chi connectivity index (χ0n) is 18.0. The topological polar surface area (TPSA) is 56.6 Å². The van der Waals surface area contributed by atoms with Crippen molar-refractivity contribution in [1.29, 1.82) is 0 Å². The van der Waals surface area contributed by atoms with Crippen molar-refractivity contribution in [3.63, 3.8) is 0 Å². The number of carbonyl (C=O) groups excluding carboxylic acids is 1. The van der Waals surface area contributed by atoms with E-state index < -0.39 is 0 Å². The number of ether oxygens (including phenoxy) is 2. The van der Waals surface area contributed by atoms with Crippen molar-refractivity contribution in [2.45, 2.75) is 33.2 Å². The fraction of sp³-hybridized carbons (Fsp3) is 0.333. The third-order valence-corrected chi connectivity index (χ3v) is 5.33. The monoisotopic (exact) mass is 423 g/mol. The third kappa shape index (κ3) is 4.13. The van der Waals surface area contributed by atoms with Gasteiger partial charge in [-0.3, -0.25) is 4.79 Å². The van der Waals surface area contributed by atoms with Crippen molar-refractivity contribution < 1.29 is 18.7 Å². The van der Waals surface area contributed by atoms with E-state index in [1.54, 1.807) is 27.9 Å². The van der Waals surface area contributed by atoms with Gasteiger partial charge in [-0.25, -0.2) is 9.07 Å². The Morgan fingerprint density at radius 1 is 1.16 bits per heavy atom. The molecule has 2 aromatic carbocycles. The lowest BCUT2D eigenvalue weighted by molar-refractivity contribution is 0.0747. The number of benzene rings is 2. The van der Waals surface area contributed by atoms with Crippen LogP contribution in [-0.4, -0.2) is 40.3 Å². The third-order valence-electron chi connectivity index (χ3n) is 5.33. The van der Waals surface area contributed by atoms with Crippen LogP contribution in [0.25, 0.3) is 5.69 Å². The maximum absolute atomic E-state index is 13.5. The minimum atomic E-state index is -0.312. The lowest BCUT2D eigenvalue weighted by Gasteiger charge is -2.25. The predicted molar refractivity (Wildman–Crippen MR) is 115 cm³/mol. The summed E-state index contributed by atoms with van der Waals surface area (Å²) < 4.78 is 26.6. The summed E-state index contributed by atoms with van der Waals surface area (Å²) in [5.41, 5.74) is 2.96. The molecule has 1 aliphatic rings.